The van der Waals surface area contributed by atoms with E-state index in [4.69, 9.17) is 27.9 Å². The van der Waals surface area contributed by atoms with E-state index >= 15 is 0 Å². The van der Waals surface area contributed by atoms with E-state index in [1.54, 1.807) is 6.92 Å². The Morgan fingerprint density at radius 2 is 2.08 bits per heavy atom. The van der Waals surface area contributed by atoms with Crippen molar-refractivity contribution < 1.29 is 27.5 Å². The summed E-state index contributed by atoms with van der Waals surface area (Å²) in [6, 6.07) is 2.41. The lowest BCUT2D eigenvalue weighted by Crippen LogP contribution is -2.50. The van der Waals surface area contributed by atoms with Crippen molar-refractivity contribution in [3.8, 4) is 0 Å². The van der Waals surface area contributed by atoms with Crippen molar-refractivity contribution >= 4 is 35.2 Å². The zero-order valence-corrected chi connectivity index (χ0v) is 15.3. The fourth-order valence-electron chi connectivity index (χ4n) is 2.60. The fraction of sp³-hybridized carbons (Fsp3) is 0.467. The number of hydrazine groups is 1. The first-order valence-corrected chi connectivity index (χ1v) is 8.27. The largest absolute Gasteiger partial charge is 0.464 e. The molecule has 0 saturated carbocycles. The van der Waals surface area contributed by atoms with Gasteiger partial charge in [0.05, 0.1) is 6.61 Å². The van der Waals surface area contributed by atoms with Gasteiger partial charge in [0.15, 0.2) is 0 Å². The maximum Gasteiger partial charge on any atom is 0.342 e. The molecular formula is C15H16Cl2F3N3O3. The number of halogens is 5. The lowest BCUT2D eigenvalue weighted by molar-refractivity contribution is -0.143. The Morgan fingerprint density at radius 3 is 2.65 bits per heavy atom. The number of carbonyl (C=O) groups is 2. The highest BCUT2D eigenvalue weighted by atomic mass is 35.5. The molecule has 11 heteroatoms. The van der Waals surface area contributed by atoms with E-state index in [9.17, 15) is 22.8 Å². The number of urea groups is 1. The van der Waals surface area contributed by atoms with Crippen LogP contribution in [0.1, 0.15) is 25.0 Å². The number of esters is 1. The molecule has 2 N–H and O–H groups in total. The third-order valence-electron chi connectivity index (χ3n) is 3.86. The quantitative estimate of drug-likeness (QED) is 0.427. The Kier molecular flexibility index (Phi) is 5.94. The first kappa shape index (κ1) is 20.6. The minimum absolute atomic E-state index is 0.0633. The molecular weight excluding hydrogens is 398 g/mol. The number of amides is 2. The zero-order chi connectivity index (χ0) is 19.7. The lowest BCUT2D eigenvalue weighted by atomic mass is 9.96. The topological polar surface area (TPSA) is 70.7 Å². The molecule has 0 spiro atoms. The minimum atomic E-state index is -3.18. The van der Waals surface area contributed by atoms with Gasteiger partial charge in [-0.2, -0.15) is 8.78 Å². The average molecular weight is 414 g/mol. The Labute approximate surface area is 157 Å². The Hall–Kier alpha value is -1.71. The summed E-state index contributed by atoms with van der Waals surface area (Å²) in [5.74, 6) is -1.72. The maximum atomic E-state index is 14.3. The summed E-state index contributed by atoms with van der Waals surface area (Å²) in [6.07, 6.45) is -0.256. The maximum absolute atomic E-state index is 14.3. The molecule has 1 aliphatic heterocycles. The van der Waals surface area contributed by atoms with Crippen LogP contribution < -0.4 is 10.9 Å². The van der Waals surface area contributed by atoms with Gasteiger partial charge in [-0.3, -0.25) is 5.43 Å². The molecule has 2 amide bonds. The highest BCUT2D eigenvalue weighted by Gasteiger charge is 2.49. The van der Waals surface area contributed by atoms with Gasteiger partial charge in [0.25, 0.3) is 0 Å². The van der Waals surface area contributed by atoms with Crippen molar-refractivity contribution in [3.05, 3.63) is 35.1 Å². The van der Waals surface area contributed by atoms with Gasteiger partial charge in [-0.1, -0.05) is 29.3 Å². The van der Waals surface area contributed by atoms with Crippen LogP contribution in [0, 0.1) is 5.82 Å². The molecule has 1 heterocycles. The number of hydrogen-bond donors (Lipinski definition) is 2. The predicted molar refractivity (Wildman–Crippen MR) is 88.0 cm³/mol. The second-order valence-electron chi connectivity index (χ2n) is 5.69. The van der Waals surface area contributed by atoms with E-state index in [1.165, 1.54) is 19.1 Å². The predicted octanol–water partition coefficient (Wildman–Crippen LogP) is 3.03. The van der Waals surface area contributed by atoms with E-state index in [-0.39, 0.29) is 29.1 Å². The summed E-state index contributed by atoms with van der Waals surface area (Å²) in [4.78, 5) is 23.6. The standard InChI is InChI=1S/C15H16Cl2F3N3O3/c1-3-26-11(24)15(16,17)7-8-4-5-10(18)9(6-8)14(2)22-21-13(25)23(14)12(19)20/h4-6,12,22H,3,7H2,1-2H3,(H,21,25). The molecule has 1 unspecified atom stereocenters. The normalized spacial score (nSPS) is 20.5. The molecule has 1 aromatic rings. The van der Waals surface area contributed by atoms with Gasteiger partial charge in [-0.25, -0.2) is 24.3 Å². The molecule has 1 saturated heterocycles. The number of nitrogens with zero attached hydrogens (tertiary/aromatic N) is 1. The van der Waals surface area contributed by atoms with Crippen LogP contribution in [0.5, 0.6) is 0 Å². The molecule has 26 heavy (non-hydrogen) atoms. The van der Waals surface area contributed by atoms with E-state index in [2.05, 4.69) is 5.43 Å². The lowest BCUT2D eigenvalue weighted by Gasteiger charge is -2.33. The molecule has 1 atom stereocenters. The van der Waals surface area contributed by atoms with Crippen LogP contribution in [0.25, 0.3) is 0 Å². The van der Waals surface area contributed by atoms with Gasteiger partial charge < -0.3 is 4.74 Å². The van der Waals surface area contributed by atoms with Crippen molar-refractivity contribution in [1.29, 1.82) is 0 Å². The molecule has 2 rings (SSSR count). The van der Waals surface area contributed by atoms with Crippen LogP contribution in [-0.4, -0.2) is 34.4 Å². The molecule has 1 aromatic carbocycles. The van der Waals surface area contributed by atoms with Crippen molar-refractivity contribution in [1.82, 2.24) is 15.8 Å². The summed E-state index contributed by atoms with van der Waals surface area (Å²) in [5.41, 5.74) is 2.56. The third kappa shape index (κ3) is 3.84. The molecule has 0 aromatic heterocycles. The van der Waals surface area contributed by atoms with Gasteiger partial charge in [0.2, 0.25) is 4.33 Å². The SMILES string of the molecule is CCOC(=O)C(Cl)(Cl)Cc1ccc(F)c(C2(C)NNC(=O)N2C(F)F)c1. The summed E-state index contributed by atoms with van der Waals surface area (Å²) in [6.45, 7) is -0.335. The molecule has 6 nitrogen and oxygen atoms in total. The van der Waals surface area contributed by atoms with Crippen LogP contribution >= 0.6 is 23.2 Å². The van der Waals surface area contributed by atoms with E-state index in [0.29, 0.717) is 0 Å². The van der Waals surface area contributed by atoms with Crippen molar-refractivity contribution in [3.63, 3.8) is 0 Å². The first-order chi connectivity index (χ1) is 12.0. The second-order valence-corrected chi connectivity index (χ2v) is 7.17. The number of ether oxygens (including phenoxy) is 1. The van der Waals surface area contributed by atoms with Gasteiger partial charge >= 0.3 is 18.5 Å². The minimum Gasteiger partial charge on any atom is -0.464 e. The highest BCUT2D eigenvalue weighted by molar-refractivity contribution is 6.57. The van der Waals surface area contributed by atoms with Crippen molar-refractivity contribution in [2.24, 2.45) is 0 Å². The van der Waals surface area contributed by atoms with Crippen molar-refractivity contribution in [2.45, 2.75) is 36.8 Å². The summed E-state index contributed by atoms with van der Waals surface area (Å²) in [5, 5.41) is 0. The van der Waals surface area contributed by atoms with Gasteiger partial charge in [-0.05, 0) is 31.5 Å². The number of hydrogen-bond acceptors (Lipinski definition) is 4. The van der Waals surface area contributed by atoms with Crippen LogP contribution in [0.15, 0.2) is 18.2 Å². The Bertz CT molecular complexity index is 721. The summed E-state index contributed by atoms with van der Waals surface area (Å²) >= 11 is 11.9. The molecule has 0 aliphatic carbocycles. The Balaban J connectivity index is 2.39. The van der Waals surface area contributed by atoms with Gasteiger partial charge in [-0.15, -0.1) is 0 Å². The highest BCUT2D eigenvalue weighted by Crippen LogP contribution is 2.35. The molecule has 0 bridgehead atoms. The zero-order valence-electron chi connectivity index (χ0n) is 13.8. The second kappa shape index (κ2) is 7.50. The number of benzene rings is 1. The van der Waals surface area contributed by atoms with E-state index in [0.717, 1.165) is 6.07 Å². The number of nitrogens with one attached hydrogen (secondary N) is 2. The molecule has 1 fully saturated rings. The van der Waals surface area contributed by atoms with E-state index in [1.807, 2.05) is 5.43 Å². The monoisotopic (exact) mass is 413 g/mol. The van der Waals surface area contributed by atoms with Crippen LogP contribution in [-0.2, 0) is 21.6 Å². The smallest absolute Gasteiger partial charge is 0.342 e. The van der Waals surface area contributed by atoms with Gasteiger partial charge in [0, 0.05) is 12.0 Å². The summed E-state index contributed by atoms with van der Waals surface area (Å²) in [7, 11) is 0. The number of alkyl halides is 4. The molecule has 1 aliphatic rings. The average Bonchev–Trinajstić information content (AvgIpc) is 2.85. The van der Waals surface area contributed by atoms with E-state index < -0.39 is 34.4 Å². The van der Waals surface area contributed by atoms with Crippen molar-refractivity contribution in [2.75, 3.05) is 6.61 Å². The third-order valence-corrected chi connectivity index (χ3v) is 4.44. The molecule has 144 valence electrons. The van der Waals surface area contributed by atoms with Gasteiger partial charge in [0.1, 0.15) is 11.5 Å². The van der Waals surface area contributed by atoms with Crippen LogP contribution in [0.3, 0.4) is 0 Å². The molecule has 0 radical (unpaired) electrons. The number of carbonyl (C=O) groups excluding carboxylic acids is 2. The fourth-order valence-corrected chi connectivity index (χ4v) is 3.02. The summed E-state index contributed by atoms with van der Waals surface area (Å²) < 4.78 is 43.7. The van der Waals surface area contributed by atoms with Crippen LogP contribution in [0.4, 0.5) is 18.0 Å². The Morgan fingerprint density at radius 1 is 1.42 bits per heavy atom. The number of rotatable bonds is 6. The van der Waals surface area contributed by atoms with Crippen LogP contribution in [0.2, 0.25) is 0 Å². The first-order valence-electron chi connectivity index (χ1n) is 7.51.